The molecule has 12 saturated carbocycles. The molecule has 76 heavy (non-hydrogen) atoms. The summed E-state index contributed by atoms with van der Waals surface area (Å²) in [6.45, 7) is 12.1. The Morgan fingerprint density at radius 1 is 0.461 bits per heavy atom. The van der Waals surface area contributed by atoms with Crippen LogP contribution in [0, 0.1) is 140 Å². The zero-order chi connectivity index (χ0) is 51.4. The van der Waals surface area contributed by atoms with Gasteiger partial charge in [0.2, 0.25) is 0 Å². The first-order valence-electron chi connectivity index (χ1n) is 30.3. The maximum absolute atomic E-state index is 13.0. The van der Waals surface area contributed by atoms with Gasteiger partial charge in [0.05, 0.1) is 23.7 Å². The Labute approximate surface area is 446 Å². The average Bonchev–Trinajstić information content (AvgIpc) is 0.847. The molecule has 16 atom stereocenters. The van der Waals surface area contributed by atoms with E-state index in [-0.39, 0.29) is 46.3 Å². The fourth-order valence-corrected chi connectivity index (χ4v) is 24.6. The van der Waals surface area contributed by atoms with Crippen molar-refractivity contribution < 1.29 is 39.6 Å². The Morgan fingerprint density at radius 3 is 1.13 bits per heavy atom. The van der Waals surface area contributed by atoms with E-state index in [9.17, 15) is 39.6 Å². The molecule has 14 nitrogen and oxygen atoms in total. The lowest BCUT2D eigenvalue weighted by Gasteiger charge is -3.13. The number of hydrogen-bond acceptors (Lipinski definition) is 10. The summed E-state index contributed by atoms with van der Waals surface area (Å²) in [5.41, 5.74) is 5.61. The maximum Gasteiger partial charge on any atom is 0.307 e. The predicted octanol–water partition coefficient (Wildman–Crippen LogP) is 4.57. The molecule has 0 spiro atoms. The summed E-state index contributed by atoms with van der Waals surface area (Å²) in [6, 6.07) is 17.3. The number of aliphatic carboxylic acids is 4. The van der Waals surface area contributed by atoms with E-state index in [4.69, 9.17) is 0 Å². The molecule has 18 rings (SSSR count). The quantitative estimate of drug-likeness (QED) is 0.0618. The van der Waals surface area contributed by atoms with Crippen molar-refractivity contribution in [2.24, 2.45) is 140 Å². The van der Waals surface area contributed by atoms with Crippen LogP contribution in [0.4, 0.5) is 0 Å². The van der Waals surface area contributed by atoms with Crippen LogP contribution in [0.1, 0.15) is 60.8 Å². The molecule has 2 aromatic carbocycles. The number of nitrogens with one attached hydrogen (secondary N) is 4. The summed E-state index contributed by atoms with van der Waals surface area (Å²) in [7, 11) is 0. The summed E-state index contributed by atoms with van der Waals surface area (Å²) in [6.07, 6.45) is 6.47. The molecule has 0 aromatic heterocycles. The van der Waals surface area contributed by atoms with Crippen molar-refractivity contribution in [1.82, 2.24) is 31.1 Å². The van der Waals surface area contributed by atoms with Gasteiger partial charge in [0.1, 0.15) is 0 Å². The van der Waals surface area contributed by atoms with Gasteiger partial charge in [-0.3, -0.25) is 24.1 Å². The van der Waals surface area contributed by atoms with Crippen LogP contribution < -0.4 is 21.3 Å². The lowest BCUT2D eigenvalue weighted by molar-refractivity contribution is -0.669. The molecule has 16 aliphatic rings. The third-order valence-corrected chi connectivity index (χ3v) is 26.5. The number of rotatable bonds is 27. The van der Waals surface area contributed by atoms with Crippen LogP contribution in [0.15, 0.2) is 48.5 Å². The first kappa shape index (κ1) is 48.0. The minimum Gasteiger partial charge on any atom is -0.481 e. The predicted molar refractivity (Wildman–Crippen MR) is 280 cm³/mol. The van der Waals surface area contributed by atoms with Gasteiger partial charge < -0.3 is 46.6 Å². The van der Waals surface area contributed by atoms with Gasteiger partial charge in [-0.25, -0.2) is 0 Å². The molecule has 4 aliphatic heterocycles. The number of carboxylic acid groups (broad SMARTS) is 4. The van der Waals surface area contributed by atoms with Gasteiger partial charge in [-0.1, -0.05) is 48.5 Å². The van der Waals surface area contributed by atoms with E-state index in [1.165, 1.54) is 11.1 Å². The van der Waals surface area contributed by atoms with Crippen LogP contribution in [0.3, 0.4) is 0 Å². The van der Waals surface area contributed by atoms with E-state index in [0.29, 0.717) is 60.4 Å². The number of nitrogens with zero attached hydrogens (tertiary/aromatic N) is 2. The van der Waals surface area contributed by atoms with Crippen molar-refractivity contribution in [3.05, 3.63) is 70.8 Å². The second kappa shape index (κ2) is 16.8. The number of carbonyl (C=O) groups is 4. The Balaban J connectivity index is 0.691. The zero-order valence-corrected chi connectivity index (χ0v) is 44.0. The molecule has 8 unspecified atom stereocenters. The van der Waals surface area contributed by atoms with Crippen molar-refractivity contribution in [3.63, 3.8) is 0 Å². The van der Waals surface area contributed by atoms with Gasteiger partial charge >= 0.3 is 23.9 Å². The van der Waals surface area contributed by atoms with Crippen molar-refractivity contribution in [2.75, 3.05) is 78.5 Å². The van der Waals surface area contributed by atoms with Gasteiger partial charge in [0.25, 0.3) is 0 Å². The van der Waals surface area contributed by atoms with E-state index in [0.717, 1.165) is 176 Å². The second-order valence-corrected chi connectivity index (χ2v) is 28.4. The molecule has 2 aromatic rings. The highest BCUT2D eigenvalue weighted by Crippen LogP contribution is 3.12. The molecular weight excluding hydrogens is 957 g/mol. The lowest BCUT2D eigenvalue weighted by atomic mass is 8.91. The van der Waals surface area contributed by atoms with Crippen molar-refractivity contribution in [2.45, 2.75) is 64.5 Å². The summed E-state index contributed by atoms with van der Waals surface area (Å²) >= 11 is 0. The monoisotopic (exact) mass is 1040 g/mol. The molecule has 0 bridgehead atoms. The minimum absolute atomic E-state index is 0.116. The third kappa shape index (κ3) is 5.95. The van der Waals surface area contributed by atoms with E-state index >= 15 is 0 Å². The standard InChI is InChI=1S/C62H80N6O8/c69-55(70)39(35-7-11-63-23-35)19-31-3-1-5-33(17-31)27-67(28-34-6-2-4-32(18-34)20-40(56(71)72)36-8-12-64-24-36)15-16-68(29-61-49-43-47-44(49)52(61)59(47,51(43)61)21-41(57(73)74)37-9-13-65-25-37)30-62-50-45-48-46(50)54(62)60(48,53(45)62)22-42(58(75)76)38-10-14-66-26-38/h1-6,17-18,35-54,63-66H,7-16,19-30H2,(H,69,70)(H,71,72)(H,73,74)(H,75,76)/t35-,36-,37-,38-,39-,40-,41-,42-,43?,44?,45?,46?,47?,48?,49?,50?,51?,52?,53?,54?,59?,60?,61?,62?/m0/s1. The number of hydrogen-bond donors (Lipinski definition) is 8. The van der Waals surface area contributed by atoms with Crippen LogP contribution in [-0.4, -0.2) is 133 Å². The van der Waals surface area contributed by atoms with E-state index in [1.54, 1.807) is 0 Å². The van der Waals surface area contributed by atoms with E-state index in [2.05, 4.69) is 79.6 Å². The fraction of sp³-hybridized carbons (Fsp3) is 0.742. The maximum atomic E-state index is 13.0. The van der Waals surface area contributed by atoms with E-state index < -0.39 is 35.7 Å². The Morgan fingerprint density at radius 2 is 0.789 bits per heavy atom. The van der Waals surface area contributed by atoms with Crippen molar-refractivity contribution in [1.29, 1.82) is 0 Å². The lowest BCUT2D eigenvalue weighted by Crippen LogP contribution is -3.11. The van der Waals surface area contributed by atoms with Gasteiger partial charge in [0.15, 0.2) is 0 Å². The van der Waals surface area contributed by atoms with Crippen LogP contribution in [0.5, 0.6) is 0 Å². The third-order valence-electron chi connectivity index (χ3n) is 26.5. The molecule has 0 amide bonds. The SMILES string of the molecule is O=C(O)[C@@H](Cc1cccc(CN(CCN(CC23C4C5C6C4C2C6(C[C@H](C(=O)O)[C@H]2CCNC2)C53)CC23C4C5C6C4C2C6(C[C@H](C(=O)O)[C@H]2CCNC2)C53)Cc2cccc(C[C@H](C(=O)O)[C@H]3CCNC3)c2)c1)[C@H]1CCNC1. The molecular formula is C62H80N6O8. The summed E-state index contributed by atoms with van der Waals surface area (Å²) < 4.78 is 0. The van der Waals surface area contributed by atoms with Crippen LogP contribution in [-0.2, 0) is 45.1 Å². The molecule has 16 fully saturated rings. The van der Waals surface area contributed by atoms with Crippen molar-refractivity contribution >= 4 is 23.9 Å². The molecule has 8 N–H and O–H groups in total. The normalized spacial score (nSPS) is 46.0. The summed E-state index contributed by atoms with van der Waals surface area (Å²) in [4.78, 5) is 56.9. The molecule has 12 aliphatic carbocycles. The van der Waals surface area contributed by atoms with Crippen LogP contribution in [0.2, 0.25) is 0 Å². The summed E-state index contributed by atoms with van der Waals surface area (Å²) in [5, 5.41) is 55.9. The molecule has 4 heterocycles. The number of benzene rings is 2. The highest BCUT2D eigenvalue weighted by Gasteiger charge is 3.10. The van der Waals surface area contributed by atoms with Gasteiger partial charge in [0, 0.05) is 39.3 Å². The topological polar surface area (TPSA) is 204 Å². The molecule has 0 radical (unpaired) electrons. The highest BCUT2D eigenvalue weighted by molar-refractivity contribution is 5.73. The zero-order valence-electron chi connectivity index (χ0n) is 44.0. The highest BCUT2D eigenvalue weighted by atomic mass is 16.4. The Bertz CT molecular complexity index is 2530. The van der Waals surface area contributed by atoms with Gasteiger partial charge in [-0.05, 0) is 242 Å². The molecule has 4 saturated heterocycles. The first-order chi connectivity index (χ1) is 36.9. The second-order valence-electron chi connectivity index (χ2n) is 28.4. The average molecular weight is 1040 g/mol. The Kier molecular flexibility index (Phi) is 10.6. The first-order valence-corrected chi connectivity index (χ1v) is 30.3. The minimum atomic E-state index is -0.723. The molecule has 406 valence electrons. The fourth-order valence-electron chi connectivity index (χ4n) is 24.6. The largest absolute Gasteiger partial charge is 0.481 e. The van der Waals surface area contributed by atoms with E-state index in [1.807, 2.05) is 0 Å². The number of carboxylic acids is 4. The molecule has 14 heteroatoms. The smallest absolute Gasteiger partial charge is 0.307 e. The van der Waals surface area contributed by atoms with Crippen LogP contribution in [0.25, 0.3) is 0 Å². The van der Waals surface area contributed by atoms with Crippen molar-refractivity contribution in [3.8, 4) is 0 Å². The Hall–Kier alpha value is -3.92. The van der Waals surface area contributed by atoms with Crippen LogP contribution >= 0.6 is 0 Å². The van der Waals surface area contributed by atoms with Gasteiger partial charge in [-0.2, -0.15) is 0 Å². The van der Waals surface area contributed by atoms with Gasteiger partial charge in [-0.15, -0.1) is 0 Å². The summed E-state index contributed by atoms with van der Waals surface area (Å²) in [5.74, 6) is 5.78.